The highest BCUT2D eigenvalue weighted by Crippen LogP contribution is 2.22. The smallest absolute Gasteiger partial charge is 0.0309 e. The second kappa shape index (κ2) is 4.14. The van der Waals surface area contributed by atoms with E-state index in [-0.39, 0.29) is 0 Å². The van der Waals surface area contributed by atoms with Gasteiger partial charge in [0.2, 0.25) is 0 Å². The number of benzene rings is 1. The Balaban J connectivity index is 3.29. The summed E-state index contributed by atoms with van der Waals surface area (Å²) in [7, 11) is 0. The van der Waals surface area contributed by atoms with Gasteiger partial charge < -0.3 is 0 Å². The van der Waals surface area contributed by atoms with Gasteiger partial charge in [0, 0.05) is 5.56 Å². The Labute approximate surface area is 81.0 Å². The lowest BCUT2D eigenvalue weighted by Gasteiger charge is -2.11. The van der Waals surface area contributed by atoms with Crippen molar-refractivity contribution < 1.29 is 0 Å². The molecule has 1 aromatic carbocycles. The molecule has 0 radical (unpaired) electrons. The van der Waals surface area contributed by atoms with Crippen molar-refractivity contribution in [1.82, 2.24) is 0 Å². The average Bonchev–Trinajstić information content (AvgIpc) is 2.16. The molecule has 1 aromatic rings. The largest absolute Gasteiger partial charge is 0.115 e. The first kappa shape index (κ1) is 9.86. The van der Waals surface area contributed by atoms with E-state index >= 15 is 0 Å². The fourth-order valence-electron chi connectivity index (χ4n) is 1.57. The summed E-state index contributed by atoms with van der Waals surface area (Å²) in [5.41, 5.74) is 3.68. The third kappa shape index (κ3) is 1.92. The molecule has 0 N–H and O–H groups in total. The van der Waals surface area contributed by atoms with Gasteiger partial charge in [0.05, 0.1) is 0 Å². The molecule has 0 aromatic heterocycles. The predicted octanol–water partition coefficient (Wildman–Crippen LogP) is 3.35. The molecule has 0 heterocycles. The second-order valence-electron chi connectivity index (χ2n) is 3.53. The predicted molar refractivity (Wildman–Crippen MR) is 57.8 cm³/mol. The molecular formula is C13H16. The van der Waals surface area contributed by atoms with Gasteiger partial charge in [-0.05, 0) is 23.5 Å². The summed E-state index contributed by atoms with van der Waals surface area (Å²) >= 11 is 0. The highest BCUT2D eigenvalue weighted by Gasteiger charge is 2.07. The molecule has 0 atom stereocenters. The van der Waals surface area contributed by atoms with Crippen molar-refractivity contribution in [3.05, 3.63) is 34.9 Å². The van der Waals surface area contributed by atoms with E-state index in [1.165, 1.54) is 11.1 Å². The van der Waals surface area contributed by atoms with Gasteiger partial charge in [0.25, 0.3) is 0 Å². The average molecular weight is 172 g/mol. The molecule has 0 fully saturated rings. The Morgan fingerprint density at radius 2 is 2.08 bits per heavy atom. The Morgan fingerprint density at radius 3 is 2.54 bits per heavy atom. The summed E-state index contributed by atoms with van der Waals surface area (Å²) in [6.07, 6.45) is 6.53. The minimum atomic E-state index is 0.512. The first-order valence-corrected chi connectivity index (χ1v) is 4.79. The summed E-state index contributed by atoms with van der Waals surface area (Å²) in [5, 5.41) is 0. The Kier molecular flexibility index (Phi) is 3.14. The maximum atomic E-state index is 5.51. The Hall–Kier alpha value is -1.22. The third-order valence-electron chi connectivity index (χ3n) is 2.33. The van der Waals surface area contributed by atoms with Gasteiger partial charge in [-0.25, -0.2) is 0 Å². The van der Waals surface area contributed by atoms with Crippen LogP contribution in [0.2, 0.25) is 0 Å². The lowest BCUT2D eigenvalue weighted by Crippen LogP contribution is -1.97. The van der Waals surface area contributed by atoms with E-state index in [0.29, 0.717) is 5.92 Å². The second-order valence-corrected chi connectivity index (χ2v) is 3.53. The van der Waals surface area contributed by atoms with Crippen LogP contribution in [0.4, 0.5) is 0 Å². The van der Waals surface area contributed by atoms with Gasteiger partial charge >= 0.3 is 0 Å². The SMILES string of the molecule is C#Cc1c(CC)cccc1C(C)C. The summed E-state index contributed by atoms with van der Waals surface area (Å²) < 4.78 is 0. The molecular weight excluding hydrogens is 156 g/mol. The van der Waals surface area contributed by atoms with Crippen molar-refractivity contribution in [3.63, 3.8) is 0 Å². The molecule has 0 heteroatoms. The van der Waals surface area contributed by atoms with E-state index in [4.69, 9.17) is 6.42 Å². The fraction of sp³-hybridized carbons (Fsp3) is 0.385. The van der Waals surface area contributed by atoms with Crippen LogP contribution in [0, 0.1) is 12.3 Å². The highest BCUT2D eigenvalue weighted by molar-refractivity contribution is 5.47. The summed E-state index contributed by atoms with van der Waals surface area (Å²) in [4.78, 5) is 0. The number of hydrogen-bond acceptors (Lipinski definition) is 0. The van der Waals surface area contributed by atoms with Crippen molar-refractivity contribution in [1.29, 1.82) is 0 Å². The normalized spacial score (nSPS) is 10.1. The standard InChI is InChI=1S/C13H16/c1-5-11-8-7-9-13(10(3)4)12(11)6-2/h2,7-10H,5H2,1,3-4H3. The lowest BCUT2D eigenvalue weighted by molar-refractivity contribution is 0.858. The van der Waals surface area contributed by atoms with E-state index in [1.54, 1.807) is 0 Å². The molecule has 0 unspecified atom stereocenters. The Bertz CT molecular complexity index is 326. The molecule has 0 aliphatic heterocycles. The van der Waals surface area contributed by atoms with Crippen LogP contribution in [0.3, 0.4) is 0 Å². The number of hydrogen-bond donors (Lipinski definition) is 0. The monoisotopic (exact) mass is 172 g/mol. The van der Waals surface area contributed by atoms with Gasteiger partial charge in [-0.15, -0.1) is 6.42 Å². The zero-order valence-corrected chi connectivity index (χ0v) is 8.59. The van der Waals surface area contributed by atoms with E-state index < -0.39 is 0 Å². The minimum absolute atomic E-state index is 0.512. The number of aryl methyl sites for hydroxylation is 1. The van der Waals surface area contributed by atoms with Crippen LogP contribution in [0.15, 0.2) is 18.2 Å². The van der Waals surface area contributed by atoms with Gasteiger partial charge in [-0.3, -0.25) is 0 Å². The number of rotatable bonds is 2. The van der Waals surface area contributed by atoms with Gasteiger partial charge in [-0.1, -0.05) is 44.9 Å². The maximum Gasteiger partial charge on any atom is 0.0309 e. The molecule has 0 amide bonds. The first-order chi connectivity index (χ1) is 6.20. The molecule has 68 valence electrons. The van der Waals surface area contributed by atoms with Crippen molar-refractivity contribution >= 4 is 0 Å². The van der Waals surface area contributed by atoms with Crippen LogP contribution in [-0.4, -0.2) is 0 Å². The van der Waals surface area contributed by atoms with E-state index in [0.717, 1.165) is 12.0 Å². The van der Waals surface area contributed by atoms with Crippen LogP contribution in [0.5, 0.6) is 0 Å². The maximum absolute atomic E-state index is 5.51. The molecule has 13 heavy (non-hydrogen) atoms. The van der Waals surface area contributed by atoms with Crippen LogP contribution >= 0.6 is 0 Å². The molecule has 0 aliphatic rings. The van der Waals surface area contributed by atoms with Gasteiger partial charge in [0.1, 0.15) is 0 Å². The fourth-order valence-corrected chi connectivity index (χ4v) is 1.57. The molecule has 0 nitrogen and oxygen atoms in total. The Morgan fingerprint density at radius 1 is 1.38 bits per heavy atom. The molecule has 0 saturated heterocycles. The summed E-state index contributed by atoms with van der Waals surface area (Å²) in [6.45, 7) is 6.49. The van der Waals surface area contributed by atoms with Crippen LogP contribution in [-0.2, 0) is 6.42 Å². The van der Waals surface area contributed by atoms with E-state index in [2.05, 4.69) is 44.9 Å². The molecule has 1 rings (SSSR count). The third-order valence-corrected chi connectivity index (χ3v) is 2.33. The minimum Gasteiger partial charge on any atom is -0.115 e. The molecule has 0 aliphatic carbocycles. The topological polar surface area (TPSA) is 0 Å². The first-order valence-electron chi connectivity index (χ1n) is 4.79. The van der Waals surface area contributed by atoms with Crippen molar-refractivity contribution in [2.24, 2.45) is 0 Å². The van der Waals surface area contributed by atoms with Crippen molar-refractivity contribution in [2.45, 2.75) is 33.1 Å². The molecule has 0 bridgehead atoms. The van der Waals surface area contributed by atoms with Crippen molar-refractivity contribution in [2.75, 3.05) is 0 Å². The highest BCUT2D eigenvalue weighted by atomic mass is 14.1. The summed E-state index contributed by atoms with van der Waals surface area (Å²) in [6, 6.07) is 6.33. The van der Waals surface area contributed by atoms with E-state index in [9.17, 15) is 0 Å². The van der Waals surface area contributed by atoms with Crippen molar-refractivity contribution in [3.8, 4) is 12.3 Å². The zero-order valence-electron chi connectivity index (χ0n) is 8.59. The van der Waals surface area contributed by atoms with Gasteiger partial charge in [0.15, 0.2) is 0 Å². The molecule has 0 spiro atoms. The summed E-state index contributed by atoms with van der Waals surface area (Å²) in [5.74, 6) is 3.31. The molecule has 0 saturated carbocycles. The van der Waals surface area contributed by atoms with E-state index in [1.807, 2.05) is 0 Å². The van der Waals surface area contributed by atoms with Crippen LogP contribution < -0.4 is 0 Å². The lowest BCUT2D eigenvalue weighted by atomic mass is 9.93. The quantitative estimate of drug-likeness (QED) is 0.600. The zero-order chi connectivity index (χ0) is 9.84. The van der Waals surface area contributed by atoms with Crippen LogP contribution in [0.25, 0.3) is 0 Å². The van der Waals surface area contributed by atoms with Crippen LogP contribution in [0.1, 0.15) is 43.4 Å². The van der Waals surface area contributed by atoms with Gasteiger partial charge in [-0.2, -0.15) is 0 Å². The number of terminal acetylenes is 1.